The van der Waals surface area contributed by atoms with Crippen molar-refractivity contribution in [2.24, 2.45) is 0 Å². The van der Waals surface area contributed by atoms with Crippen molar-refractivity contribution in [1.82, 2.24) is 9.29 Å². The number of esters is 2. The summed E-state index contributed by atoms with van der Waals surface area (Å²) >= 11 is 0. The molecule has 0 bridgehead atoms. The lowest BCUT2D eigenvalue weighted by Gasteiger charge is -2.30. The Morgan fingerprint density at radius 1 is 0.861 bits per heavy atom. The number of allylic oxidation sites excluding steroid dienone is 2. The van der Waals surface area contributed by atoms with E-state index < -0.39 is 27.9 Å². The maximum absolute atomic E-state index is 13.7. The van der Waals surface area contributed by atoms with Crippen molar-refractivity contribution in [1.29, 1.82) is 0 Å². The topological polar surface area (TPSA) is 104 Å². The van der Waals surface area contributed by atoms with Gasteiger partial charge >= 0.3 is 11.9 Å². The Kier molecular flexibility index (Phi) is 7.03. The van der Waals surface area contributed by atoms with Gasteiger partial charge in [0.25, 0.3) is 10.0 Å². The second kappa shape index (κ2) is 10.0. The van der Waals surface area contributed by atoms with E-state index in [0.717, 1.165) is 0 Å². The van der Waals surface area contributed by atoms with E-state index in [9.17, 15) is 18.0 Å². The smallest absolute Gasteiger partial charge is 0.336 e. The number of dihydropyridines is 1. The number of aromatic nitrogens is 1. The van der Waals surface area contributed by atoms with Gasteiger partial charge < -0.3 is 14.8 Å². The van der Waals surface area contributed by atoms with Crippen LogP contribution in [0.3, 0.4) is 0 Å². The number of benzene rings is 2. The van der Waals surface area contributed by atoms with E-state index in [1.807, 2.05) is 0 Å². The molecule has 0 atom stereocenters. The summed E-state index contributed by atoms with van der Waals surface area (Å²) in [6.07, 6.45) is 1.49. The predicted molar refractivity (Wildman–Crippen MR) is 136 cm³/mol. The largest absolute Gasteiger partial charge is 0.463 e. The maximum atomic E-state index is 13.7. The molecule has 3 aromatic rings. The molecule has 0 amide bonds. The second-order valence-electron chi connectivity index (χ2n) is 8.29. The van der Waals surface area contributed by atoms with Crippen molar-refractivity contribution < 1.29 is 27.5 Å². The highest BCUT2D eigenvalue weighted by Gasteiger charge is 2.40. The van der Waals surface area contributed by atoms with Gasteiger partial charge in [-0.25, -0.2) is 22.0 Å². The van der Waals surface area contributed by atoms with Crippen LogP contribution in [-0.4, -0.2) is 37.5 Å². The van der Waals surface area contributed by atoms with Gasteiger partial charge in [-0.05, 0) is 51.5 Å². The molecule has 0 fully saturated rings. The molecule has 1 N–H and O–H groups in total. The molecule has 2 heterocycles. The molecular formula is C27H28N2O6S. The van der Waals surface area contributed by atoms with Crippen LogP contribution < -0.4 is 5.32 Å². The van der Waals surface area contributed by atoms with Crippen LogP contribution in [0.25, 0.3) is 10.9 Å². The minimum absolute atomic E-state index is 0.122. The van der Waals surface area contributed by atoms with Gasteiger partial charge in [0.1, 0.15) is 0 Å². The van der Waals surface area contributed by atoms with E-state index in [4.69, 9.17) is 9.47 Å². The Morgan fingerprint density at radius 2 is 1.39 bits per heavy atom. The lowest BCUT2D eigenvalue weighted by atomic mass is 9.80. The molecule has 4 rings (SSSR count). The van der Waals surface area contributed by atoms with E-state index in [1.54, 1.807) is 70.2 Å². The molecule has 9 heteroatoms. The van der Waals surface area contributed by atoms with Gasteiger partial charge in [-0.1, -0.05) is 36.4 Å². The summed E-state index contributed by atoms with van der Waals surface area (Å²) in [6, 6.07) is 15.1. The standard InChI is InChI=1S/C27H28N2O6S/c1-5-34-26(30)23-17(3)28-18(4)24(27(31)35-6-2)25(23)21-16-29(22-15-11-10-14-20(21)22)36(32,33)19-12-8-7-9-13-19/h7-16,25,28H,5-6H2,1-4H3. The van der Waals surface area contributed by atoms with Gasteiger partial charge in [0.2, 0.25) is 0 Å². The molecule has 0 aliphatic carbocycles. The number of hydrogen-bond donors (Lipinski definition) is 1. The molecule has 0 radical (unpaired) electrons. The molecule has 188 valence electrons. The summed E-state index contributed by atoms with van der Waals surface area (Å²) in [5.41, 5.74) is 2.41. The molecule has 1 aliphatic rings. The van der Waals surface area contributed by atoms with Gasteiger partial charge in [-0.15, -0.1) is 0 Å². The highest BCUT2D eigenvalue weighted by molar-refractivity contribution is 7.90. The fourth-order valence-electron chi connectivity index (χ4n) is 4.57. The minimum atomic E-state index is -3.97. The Hall–Kier alpha value is -3.85. The predicted octanol–water partition coefficient (Wildman–Crippen LogP) is 4.24. The van der Waals surface area contributed by atoms with Gasteiger partial charge in [-0.3, -0.25) is 0 Å². The monoisotopic (exact) mass is 508 g/mol. The molecule has 8 nitrogen and oxygen atoms in total. The molecule has 0 saturated heterocycles. The highest BCUT2D eigenvalue weighted by atomic mass is 32.2. The van der Waals surface area contributed by atoms with Crippen LogP contribution in [0.4, 0.5) is 0 Å². The van der Waals surface area contributed by atoms with Crippen LogP contribution in [0, 0.1) is 0 Å². The Morgan fingerprint density at radius 3 is 1.94 bits per heavy atom. The fraction of sp³-hybridized carbons (Fsp3) is 0.259. The number of hydrogen-bond acceptors (Lipinski definition) is 7. The average molecular weight is 509 g/mol. The van der Waals surface area contributed by atoms with Crippen molar-refractivity contribution in [2.45, 2.75) is 38.5 Å². The Bertz CT molecular complexity index is 1460. The first-order valence-electron chi connectivity index (χ1n) is 11.7. The summed E-state index contributed by atoms with van der Waals surface area (Å²) in [6.45, 7) is 7.14. The zero-order chi connectivity index (χ0) is 26.0. The van der Waals surface area contributed by atoms with Crippen molar-refractivity contribution in [3.63, 3.8) is 0 Å². The number of rotatable bonds is 7. The van der Waals surface area contributed by atoms with E-state index in [2.05, 4.69) is 5.32 Å². The Balaban J connectivity index is 2.03. The number of para-hydroxylation sites is 1. The number of carbonyl (C=O) groups excluding carboxylic acids is 2. The normalized spacial score (nSPS) is 14.7. The third-order valence-electron chi connectivity index (χ3n) is 6.07. The maximum Gasteiger partial charge on any atom is 0.336 e. The number of carbonyl (C=O) groups is 2. The molecule has 0 spiro atoms. The SMILES string of the molecule is CCOC(=O)C1=C(C)NC(C)=C(C(=O)OCC)C1c1cn(S(=O)(=O)c2ccccc2)c2ccccc12. The highest BCUT2D eigenvalue weighted by Crippen LogP contribution is 2.43. The third kappa shape index (κ3) is 4.30. The molecule has 2 aromatic carbocycles. The fourth-order valence-corrected chi connectivity index (χ4v) is 5.97. The first kappa shape index (κ1) is 25.2. The van der Waals surface area contributed by atoms with Gasteiger partial charge in [0.15, 0.2) is 0 Å². The van der Waals surface area contributed by atoms with Crippen molar-refractivity contribution in [2.75, 3.05) is 13.2 Å². The number of fused-ring (bicyclic) bond motifs is 1. The zero-order valence-electron chi connectivity index (χ0n) is 20.6. The molecular weight excluding hydrogens is 480 g/mol. The molecule has 0 unspecified atom stereocenters. The van der Waals surface area contributed by atoms with E-state index in [0.29, 0.717) is 27.9 Å². The van der Waals surface area contributed by atoms with Crippen LogP contribution in [0.1, 0.15) is 39.2 Å². The molecule has 1 aliphatic heterocycles. The van der Waals surface area contributed by atoms with E-state index in [1.165, 1.54) is 22.3 Å². The van der Waals surface area contributed by atoms with Crippen molar-refractivity contribution in [3.8, 4) is 0 Å². The summed E-state index contributed by atoms with van der Waals surface area (Å²) in [7, 11) is -3.97. The molecule has 36 heavy (non-hydrogen) atoms. The van der Waals surface area contributed by atoms with E-state index >= 15 is 0 Å². The van der Waals surface area contributed by atoms with Crippen LogP contribution in [0.2, 0.25) is 0 Å². The summed E-state index contributed by atoms with van der Waals surface area (Å²) in [4.78, 5) is 26.5. The lowest BCUT2D eigenvalue weighted by Crippen LogP contribution is -2.32. The summed E-state index contributed by atoms with van der Waals surface area (Å²) in [5.74, 6) is -2.09. The lowest BCUT2D eigenvalue weighted by molar-refractivity contribution is -0.139. The van der Waals surface area contributed by atoms with Crippen LogP contribution in [-0.2, 0) is 29.1 Å². The van der Waals surface area contributed by atoms with Crippen LogP contribution in [0.5, 0.6) is 0 Å². The first-order chi connectivity index (χ1) is 17.2. The van der Waals surface area contributed by atoms with Crippen LogP contribution >= 0.6 is 0 Å². The van der Waals surface area contributed by atoms with Gasteiger partial charge in [0, 0.05) is 23.0 Å². The average Bonchev–Trinajstić information content (AvgIpc) is 3.24. The van der Waals surface area contributed by atoms with Crippen molar-refractivity contribution in [3.05, 3.63) is 88.9 Å². The minimum Gasteiger partial charge on any atom is -0.463 e. The van der Waals surface area contributed by atoms with Gasteiger partial charge in [-0.2, -0.15) is 0 Å². The summed E-state index contributed by atoms with van der Waals surface area (Å²) in [5, 5.41) is 3.69. The number of ether oxygens (including phenoxy) is 2. The third-order valence-corrected chi connectivity index (χ3v) is 7.76. The number of nitrogens with zero attached hydrogens (tertiary/aromatic N) is 1. The zero-order valence-corrected chi connectivity index (χ0v) is 21.4. The number of nitrogens with one attached hydrogen (secondary N) is 1. The van der Waals surface area contributed by atoms with Crippen LogP contribution in [0.15, 0.2) is 88.2 Å². The summed E-state index contributed by atoms with van der Waals surface area (Å²) < 4.78 is 39.2. The van der Waals surface area contributed by atoms with Crippen molar-refractivity contribution >= 4 is 32.9 Å². The second-order valence-corrected chi connectivity index (χ2v) is 10.1. The first-order valence-corrected chi connectivity index (χ1v) is 13.1. The molecule has 1 aromatic heterocycles. The van der Waals surface area contributed by atoms with Gasteiger partial charge in [0.05, 0.1) is 40.7 Å². The quantitative estimate of drug-likeness (QED) is 0.476. The Labute approximate surface area is 210 Å². The van der Waals surface area contributed by atoms with E-state index in [-0.39, 0.29) is 29.3 Å². The molecule has 0 saturated carbocycles.